The van der Waals surface area contributed by atoms with E-state index in [0.717, 1.165) is 55.6 Å². The van der Waals surface area contributed by atoms with Crippen molar-refractivity contribution in [2.75, 3.05) is 0 Å². The quantitative estimate of drug-likeness (QED) is 0.172. The van der Waals surface area contributed by atoms with E-state index in [9.17, 15) is 0 Å². The molecule has 0 saturated heterocycles. The molecule has 6 heterocycles. The van der Waals surface area contributed by atoms with Gasteiger partial charge in [0.25, 0.3) is 0 Å². The molecule has 6 aromatic heterocycles. The molecule has 0 aliphatic carbocycles. The van der Waals surface area contributed by atoms with Crippen LogP contribution in [0.25, 0.3) is 187 Å². The van der Waals surface area contributed by atoms with Gasteiger partial charge >= 0.3 is 0 Å². The van der Waals surface area contributed by atoms with E-state index in [-0.39, 0.29) is 0 Å². The van der Waals surface area contributed by atoms with Crippen molar-refractivity contribution >= 4 is 131 Å². The molecule has 0 aliphatic heterocycles. The lowest BCUT2D eigenvalue weighted by atomic mass is 9.93. The van der Waals surface area contributed by atoms with Crippen molar-refractivity contribution in [3.63, 3.8) is 0 Å². The molecule has 0 bridgehead atoms. The van der Waals surface area contributed by atoms with Crippen LogP contribution in [0, 0.1) is 13.8 Å². The maximum absolute atomic E-state index is 5.57. The average molecular weight is 1090 g/mol. The van der Waals surface area contributed by atoms with E-state index in [0.29, 0.717) is 0 Å². The number of imidazole rings is 4. The molecule has 398 valence electrons. The highest BCUT2D eigenvalue weighted by Crippen LogP contribution is 2.46. The molecule has 0 N–H and O–H groups in total. The van der Waals surface area contributed by atoms with Crippen LogP contribution in [0.2, 0.25) is 0 Å². The first-order valence-electron chi connectivity index (χ1n) is 29.7. The Bertz CT molecular complexity index is 6330. The monoisotopic (exact) mass is 1090 g/mol. The van der Waals surface area contributed by atoms with Gasteiger partial charge in [0.2, 0.25) is 11.6 Å². The number of aryl methyl sites for hydroxylation is 2. The van der Waals surface area contributed by atoms with E-state index >= 15 is 0 Å². The number of nitrogens with zero attached hydrogens (tertiary/aromatic N) is 6. The molecule has 20 aromatic rings. The second-order valence-corrected chi connectivity index (χ2v) is 24.0. The molecule has 20 rings (SSSR count). The van der Waals surface area contributed by atoms with Crippen molar-refractivity contribution in [2.24, 2.45) is 0 Å². The van der Waals surface area contributed by atoms with Gasteiger partial charge in [-0.2, -0.15) is 0 Å². The standard InChI is InChI=1S/C80H48N6/c1-45-27-58(48-15-7-4-8-16-48)31-59(28-45)62-35-67-65-33-49-17-9-11-19-51(49)39-71(65)85-77(67)75(43-62)83-74-42-57-26-24-54(30-61(57)38-70(74)82-80(83)85)53-23-25-56-40-72-66(34-60(56)29-53)68-36-63(64-32-55(22-21-46(64)2)47-13-5-3-6-14-47)44-76-78(68)86(72)79-81-69-37-50-18-10-12-20-52(50)41-73(69)84(76)79/h3-44H,1-2H3. The topological polar surface area (TPSA) is 43.4 Å². The lowest BCUT2D eigenvalue weighted by Gasteiger charge is -2.11. The van der Waals surface area contributed by atoms with Crippen LogP contribution in [0.15, 0.2) is 255 Å². The largest absolute Gasteiger partial charge is 0.277 e. The van der Waals surface area contributed by atoms with Gasteiger partial charge in [-0.3, -0.25) is 17.6 Å². The van der Waals surface area contributed by atoms with E-state index in [2.05, 4.69) is 286 Å². The Kier molecular flexibility index (Phi) is 8.96. The first kappa shape index (κ1) is 46.2. The second kappa shape index (κ2) is 16.7. The first-order chi connectivity index (χ1) is 42.4. The molecule has 0 atom stereocenters. The third-order valence-corrected chi connectivity index (χ3v) is 19.0. The normalized spacial score (nSPS) is 12.5. The predicted molar refractivity (Wildman–Crippen MR) is 360 cm³/mol. The molecule has 86 heavy (non-hydrogen) atoms. The summed E-state index contributed by atoms with van der Waals surface area (Å²) in [5, 5.41) is 14.5. The lowest BCUT2D eigenvalue weighted by molar-refractivity contribution is 1.22. The summed E-state index contributed by atoms with van der Waals surface area (Å²) >= 11 is 0. The Hall–Kier alpha value is -11.3. The Balaban J connectivity index is 0.761. The Labute approximate surface area is 491 Å². The number of fused-ring (bicyclic) bond motifs is 20. The van der Waals surface area contributed by atoms with Crippen LogP contribution in [-0.2, 0) is 0 Å². The van der Waals surface area contributed by atoms with Crippen LogP contribution in [-0.4, -0.2) is 27.6 Å². The number of aromatic nitrogens is 6. The van der Waals surface area contributed by atoms with E-state index in [1.165, 1.54) is 143 Å². The molecule has 0 spiro atoms. The first-order valence-corrected chi connectivity index (χ1v) is 29.7. The molecule has 0 unspecified atom stereocenters. The number of rotatable bonds is 5. The van der Waals surface area contributed by atoms with Crippen LogP contribution in [0.3, 0.4) is 0 Å². The van der Waals surface area contributed by atoms with Crippen molar-refractivity contribution in [3.05, 3.63) is 266 Å². The molecule has 0 fully saturated rings. The number of benzene rings is 14. The van der Waals surface area contributed by atoms with Gasteiger partial charge in [0.1, 0.15) is 0 Å². The van der Waals surface area contributed by atoms with Crippen LogP contribution in [0.1, 0.15) is 11.1 Å². The minimum Gasteiger partial charge on any atom is -0.277 e. The third kappa shape index (κ3) is 6.39. The zero-order valence-corrected chi connectivity index (χ0v) is 46.9. The molecule has 6 nitrogen and oxygen atoms in total. The van der Waals surface area contributed by atoms with E-state index in [4.69, 9.17) is 9.97 Å². The Morgan fingerprint density at radius 3 is 1.26 bits per heavy atom. The van der Waals surface area contributed by atoms with Crippen LogP contribution in [0.4, 0.5) is 0 Å². The van der Waals surface area contributed by atoms with E-state index in [1.807, 2.05) is 0 Å². The van der Waals surface area contributed by atoms with Gasteiger partial charge in [-0.25, -0.2) is 9.97 Å². The van der Waals surface area contributed by atoms with Crippen molar-refractivity contribution in [1.82, 2.24) is 27.6 Å². The maximum atomic E-state index is 5.57. The van der Waals surface area contributed by atoms with Crippen LogP contribution in [0.5, 0.6) is 0 Å². The lowest BCUT2D eigenvalue weighted by Crippen LogP contribution is -1.88. The molecule has 0 radical (unpaired) electrons. The second-order valence-electron chi connectivity index (χ2n) is 24.0. The van der Waals surface area contributed by atoms with E-state index < -0.39 is 0 Å². The minimum atomic E-state index is 0.926. The smallest absolute Gasteiger partial charge is 0.220 e. The summed E-state index contributed by atoms with van der Waals surface area (Å²) in [4.78, 5) is 11.0. The number of hydrogen-bond donors (Lipinski definition) is 0. The fraction of sp³-hybridized carbons (Fsp3) is 0.0250. The highest BCUT2D eigenvalue weighted by molar-refractivity contribution is 6.22. The van der Waals surface area contributed by atoms with Gasteiger partial charge in [0.15, 0.2) is 0 Å². The van der Waals surface area contributed by atoms with Gasteiger partial charge < -0.3 is 0 Å². The molecule has 0 saturated carbocycles. The minimum absolute atomic E-state index is 0.926. The summed E-state index contributed by atoms with van der Waals surface area (Å²) in [5.74, 6) is 1.86. The number of hydrogen-bond acceptors (Lipinski definition) is 2. The van der Waals surface area contributed by atoms with Crippen LogP contribution < -0.4 is 0 Å². The van der Waals surface area contributed by atoms with E-state index in [1.54, 1.807) is 0 Å². The Morgan fingerprint density at radius 1 is 0.244 bits per heavy atom. The van der Waals surface area contributed by atoms with Gasteiger partial charge in [-0.15, -0.1) is 0 Å². The van der Waals surface area contributed by atoms with Gasteiger partial charge in [-0.05, 0) is 221 Å². The molecular formula is C80H48N6. The fourth-order valence-electron chi connectivity index (χ4n) is 14.9. The average Bonchev–Trinajstić information content (AvgIpc) is 1.70. The van der Waals surface area contributed by atoms with Gasteiger partial charge in [0, 0.05) is 21.5 Å². The highest BCUT2D eigenvalue weighted by Gasteiger charge is 2.26. The SMILES string of the molecule is Cc1cc(-c2ccccc2)cc(-c2cc3c4cc5ccccc5cc4n4c3c(c2)n2c3cc5ccc(-c6ccc7cc8c(cc7c6)c6cc(-c7cc(-c9ccccc9)ccc7C)cc7c6n8c6nc8cc9ccccc9cc8n76)cc5cc3nc24)c1. The highest BCUT2D eigenvalue weighted by atomic mass is 15.2. The summed E-state index contributed by atoms with van der Waals surface area (Å²) in [6.07, 6.45) is 0. The predicted octanol–water partition coefficient (Wildman–Crippen LogP) is 20.8. The molecule has 14 aromatic carbocycles. The van der Waals surface area contributed by atoms with Gasteiger partial charge in [0.05, 0.1) is 55.2 Å². The molecule has 6 heteroatoms. The maximum Gasteiger partial charge on any atom is 0.220 e. The summed E-state index contributed by atoms with van der Waals surface area (Å²) < 4.78 is 9.63. The Morgan fingerprint density at radius 2 is 0.663 bits per heavy atom. The third-order valence-electron chi connectivity index (χ3n) is 19.0. The zero-order valence-electron chi connectivity index (χ0n) is 46.9. The summed E-state index contributed by atoms with van der Waals surface area (Å²) in [5.41, 5.74) is 25.7. The summed E-state index contributed by atoms with van der Waals surface area (Å²) in [6, 6.07) is 94.9. The van der Waals surface area contributed by atoms with Crippen molar-refractivity contribution in [1.29, 1.82) is 0 Å². The summed E-state index contributed by atoms with van der Waals surface area (Å²) in [6.45, 7) is 4.44. The fourth-order valence-corrected chi connectivity index (χ4v) is 14.9. The molecule has 0 amide bonds. The van der Waals surface area contributed by atoms with Crippen molar-refractivity contribution < 1.29 is 0 Å². The van der Waals surface area contributed by atoms with Crippen LogP contribution >= 0.6 is 0 Å². The van der Waals surface area contributed by atoms with Crippen molar-refractivity contribution in [2.45, 2.75) is 13.8 Å². The van der Waals surface area contributed by atoms with Crippen molar-refractivity contribution in [3.8, 4) is 55.6 Å². The zero-order chi connectivity index (χ0) is 56.2. The molecule has 0 aliphatic rings. The summed E-state index contributed by atoms with van der Waals surface area (Å²) in [7, 11) is 0. The molecular weight excluding hydrogens is 1040 g/mol. The van der Waals surface area contributed by atoms with Gasteiger partial charge in [-0.1, -0.05) is 158 Å².